The minimum atomic E-state index is -3.80. The highest BCUT2D eigenvalue weighted by Crippen LogP contribution is 2.28. The number of hydrogen-bond donors (Lipinski definition) is 2. The highest BCUT2D eigenvalue weighted by atomic mass is 32.2. The number of amides is 2. The van der Waals surface area contributed by atoms with Crippen LogP contribution in [0, 0.1) is 26.6 Å². The van der Waals surface area contributed by atoms with E-state index in [1.165, 1.54) is 16.4 Å². The van der Waals surface area contributed by atoms with E-state index in [0.717, 1.165) is 30.0 Å². The number of anilines is 1. The minimum Gasteiger partial charge on any atom is -0.348 e. The van der Waals surface area contributed by atoms with E-state index in [4.69, 9.17) is 0 Å². The summed E-state index contributed by atoms with van der Waals surface area (Å²) in [5, 5.41) is 5.19. The topological polar surface area (TPSA) is 95.6 Å². The number of piperidine rings is 1. The Bertz CT molecular complexity index is 1150. The number of aryl methyl sites for hydroxylation is 3. The molecule has 0 bridgehead atoms. The van der Waals surface area contributed by atoms with Crippen LogP contribution in [0.2, 0.25) is 0 Å². The molecule has 0 saturated carbocycles. The lowest BCUT2D eigenvalue weighted by atomic mass is 10.0. The third-order valence-electron chi connectivity index (χ3n) is 5.90. The third-order valence-corrected chi connectivity index (χ3v) is 8.01. The minimum absolute atomic E-state index is 0.0904. The van der Waals surface area contributed by atoms with Crippen LogP contribution in [-0.4, -0.2) is 43.7 Å². The normalized spacial score (nSPS) is 16.9. The summed E-state index contributed by atoms with van der Waals surface area (Å²) < 4.78 is 41.4. The molecule has 2 aromatic carbocycles. The van der Waals surface area contributed by atoms with Crippen molar-refractivity contribution < 1.29 is 22.4 Å². The lowest BCUT2D eigenvalue weighted by Gasteiger charge is -2.35. The lowest BCUT2D eigenvalue weighted by Crippen LogP contribution is -2.46. The van der Waals surface area contributed by atoms with Crippen molar-refractivity contribution in [3.05, 3.63) is 58.9 Å². The van der Waals surface area contributed by atoms with Gasteiger partial charge in [-0.3, -0.25) is 9.59 Å². The molecule has 0 aliphatic carbocycles. The summed E-state index contributed by atoms with van der Waals surface area (Å²) in [5.74, 6) is -2.02. The number of benzene rings is 2. The maximum atomic E-state index is 13.5. The van der Waals surface area contributed by atoms with E-state index in [9.17, 15) is 22.4 Å². The van der Waals surface area contributed by atoms with Crippen molar-refractivity contribution in [1.29, 1.82) is 0 Å². The van der Waals surface area contributed by atoms with Crippen molar-refractivity contribution in [2.24, 2.45) is 0 Å². The van der Waals surface area contributed by atoms with E-state index in [2.05, 4.69) is 10.6 Å². The Labute approximate surface area is 194 Å². The van der Waals surface area contributed by atoms with Crippen molar-refractivity contribution in [3.63, 3.8) is 0 Å². The van der Waals surface area contributed by atoms with Crippen LogP contribution in [0.25, 0.3) is 0 Å². The van der Waals surface area contributed by atoms with Gasteiger partial charge in [0.2, 0.25) is 10.0 Å². The second-order valence-corrected chi connectivity index (χ2v) is 10.4. The molecule has 1 atom stereocenters. The summed E-state index contributed by atoms with van der Waals surface area (Å²) in [4.78, 5) is 24.6. The first kappa shape index (κ1) is 24.9. The molecule has 0 aromatic heterocycles. The number of carbonyl (C=O) groups is 2. The maximum Gasteiger partial charge on any atom is 0.313 e. The molecule has 0 radical (unpaired) electrons. The van der Waals surface area contributed by atoms with Gasteiger partial charge in [0.15, 0.2) is 0 Å². The molecule has 2 N–H and O–H groups in total. The van der Waals surface area contributed by atoms with Crippen LogP contribution in [0.4, 0.5) is 10.1 Å². The van der Waals surface area contributed by atoms with Crippen LogP contribution in [0.1, 0.15) is 42.4 Å². The number of rotatable bonds is 6. The molecule has 178 valence electrons. The summed E-state index contributed by atoms with van der Waals surface area (Å²) in [5.41, 5.74) is 2.84. The highest BCUT2D eigenvalue weighted by molar-refractivity contribution is 7.89. The van der Waals surface area contributed by atoms with Crippen LogP contribution in [0.15, 0.2) is 41.3 Å². The van der Waals surface area contributed by atoms with Gasteiger partial charge in [0, 0.05) is 24.8 Å². The smallest absolute Gasteiger partial charge is 0.313 e. The SMILES string of the molecule is Cc1ccc(NC(=O)C(=O)NCCC2CCCCN2S(=O)(=O)c2ccc(F)cc2C)c(C)c1. The molecule has 1 saturated heterocycles. The number of halogens is 1. The molecule has 3 rings (SSSR count). The largest absolute Gasteiger partial charge is 0.348 e. The fourth-order valence-corrected chi connectivity index (χ4v) is 6.10. The summed E-state index contributed by atoms with van der Waals surface area (Å²) in [6, 6.07) is 8.85. The van der Waals surface area contributed by atoms with Gasteiger partial charge in [0.25, 0.3) is 0 Å². The van der Waals surface area contributed by atoms with E-state index in [1.54, 1.807) is 13.0 Å². The molecule has 1 unspecified atom stereocenters. The summed E-state index contributed by atoms with van der Waals surface area (Å²) >= 11 is 0. The Hall–Kier alpha value is -2.78. The molecule has 1 heterocycles. The van der Waals surface area contributed by atoms with E-state index in [-0.39, 0.29) is 17.5 Å². The van der Waals surface area contributed by atoms with Gasteiger partial charge in [0.1, 0.15) is 5.82 Å². The van der Waals surface area contributed by atoms with E-state index in [1.807, 2.05) is 26.0 Å². The number of nitrogens with one attached hydrogen (secondary N) is 2. The first-order chi connectivity index (χ1) is 15.6. The number of nitrogens with zero attached hydrogens (tertiary/aromatic N) is 1. The average Bonchev–Trinajstić information content (AvgIpc) is 2.75. The standard InChI is InChI=1S/C24H30FN3O4S/c1-16-7-9-21(17(2)14-16)27-24(30)23(29)26-12-11-20-6-4-5-13-28(20)33(31,32)22-10-8-19(25)15-18(22)3/h7-10,14-15,20H,4-6,11-13H2,1-3H3,(H,26,29)(H,27,30). The van der Waals surface area contributed by atoms with Crippen molar-refractivity contribution in [3.8, 4) is 0 Å². The van der Waals surface area contributed by atoms with Crippen LogP contribution in [0.3, 0.4) is 0 Å². The fourth-order valence-electron chi connectivity index (χ4n) is 4.17. The molecule has 1 aliphatic heterocycles. The van der Waals surface area contributed by atoms with E-state index in [0.29, 0.717) is 30.6 Å². The molecule has 2 aromatic rings. The van der Waals surface area contributed by atoms with Gasteiger partial charge >= 0.3 is 11.8 Å². The number of hydrogen-bond acceptors (Lipinski definition) is 4. The predicted molar refractivity (Wildman–Crippen MR) is 125 cm³/mol. The Morgan fingerprint density at radius 2 is 1.79 bits per heavy atom. The Morgan fingerprint density at radius 3 is 2.48 bits per heavy atom. The van der Waals surface area contributed by atoms with Crippen molar-refractivity contribution >= 4 is 27.5 Å². The van der Waals surface area contributed by atoms with Gasteiger partial charge in [0.05, 0.1) is 4.90 Å². The van der Waals surface area contributed by atoms with Crippen molar-refractivity contribution in [2.75, 3.05) is 18.4 Å². The zero-order chi connectivity index (χ0) is 24.2. The lowest BCUT2D eigenvalue weighted by molar-refractivity contribution is -0.136. The molecule has 7 nitrogen and oxygen atoms in total. The predicted octanol–water partition coefficient (Wildman–Crippen LogP) is 3.44. The zero-order valence-corrected chi connectivity index (χ0v) is 20.0. The van der Waals surface area contributed by atoms with E-state index >= 15 is 0 Å². The highest BCUT2D eigenvalue weighted by Gasteiger charge is 2.34. The summed E-state index contributed by atoms with van der Waals surface area (Å²) in [6.07, 6.45) is 2.65. The van der Waals surface area contributed by atoms with Gasteiger partial charge in [-0.1, -0.05) is 24.1 Å². The first-order valence-corrected chi connectivity index (χ1v) is 12.5. The molecule has 9 heteroatoms. The maximum absolute atomic E-state index is 13.5. The van der Waals surface area contributed by atoms with Crippen LogP contribution in [-0.2, 0) is 19.6 Å². The number of sulfonamides is 1. The Morgan fingerprint density at radius 1 is 1.03 bits per heavy atom. The molecule has 1 aliphatic rings. The fraction of sp³-hybridized carbons (Fsp3) is 0.417. The van der Waals surface area contributed by atoms with Gasteiger partial charge < -0.3 is 10.6 Å². The molecular weight excluding hydrogens is 445 g/mol. The van der Waals surface area contributed by atoms with Gasteiger partial charge in [-0.15, -0.1) is 0 Å². The summed E-state index contributed by atoms with van der Waals surface area (Å²) in [7, 11) is -3.80. The molecule has 0 spiro atoms. The summed E-state index contributed by atoms with van der Waals surface area (Å²) in [6.45, 7) is 5.89. The quantitative estimate of drug-likeness (QED) is 0.626. The van der Waals surface area contributed by atoms with Crippen molar-refractivity contribution in [1.82, 2.24) is 9.62 Å². The van der Waals surface area contributed by atoms with Gasteiger partial charge in [-0.05, 0) is 75.4 Å². The van der Waals surface area contributed by atoms with Crippen molar-refractivity contribution in [2.45, 2.75) is 57.4 Å². The third kappa shape index (κ3) is 5.97. The second kappa shape index (κ2) is 10.4. The molecule has 33 heavy (non-hydrogen) atoms. The molecule has 1 fully saturated rings. The van der Waals surface area contributed by atoms with E-state index < -0.39 is 27.7 Å². The average molecular weight is 476 g/mol. The van der Waals surface area contributed by atoms with Gasteiger partial charge in [-0.2, -0.15) is 4.31 Å². The van der Waals surface area contributed by atoms with Crippen LogP contribution in [0.5, 0.6) is 0 Å². The van der Waals surface area contributed by atoms with Crippen LogP contribution >= 0.6 is 0 Å². The molecule has 2 amide bonds. The Balaban J connectivity index is 1.61. The second-order valence-electron chi connectivity index (χ2n) is 8.49. The monoisotopic (exact) mass is 475 g/mol. The van der Waals surface area contributed by atoms with Crippen LogP contribution < -0.4 is 10.6 Å². The first-order valence-electron chi connectivity index (χ1n) is 11.0. The zero-order valence-electron chi connectivity index (χ0n) is 19.2. The number of carbonyl (C=O) groups excluding carboxylic acids is 2. The Kier molecular flexibility index (Phi) is 7.86. The molecular formula is C24H30FN3O4S. The van der Waals surface area contributed by atoms with Gasteiger partial charge in [-0.25, -0.2) is 12.8 Å².